The number of nitrogens with one attached hydrogen (secondary N) is 3. The Kier molecular flexibility index (Phi) is 7.35. The number of hydrogen-bond donors (Lipinski definition) is 3. The zero-order chi connectivity index (χ0) is 19.8. The lowest BCUT2D eigenvalue weighted by Gasteiger charge is -2.13. The molecule has 1 heterocycles. The second kappa shape index (κ2) is 9.72. The highest BCUT2D eigenvalue weighted by atomic mass is 32.2. The predicted molar refractivity (Wildman–Crippen MR) is 102 cm³/mol. The Balaban J connectivity index is 1.85. The third-order valence-electron chi connectivity index (χ3n) is 3.52. The smallest absolute Gasteiger partial charge is 0.251 e. The number of rotatable bonds is 8. The molecular formula is C17H22N6O3S. The van der Waals surface area contributed by atoms with Crippen LogP contribution in [0.15, 0.2) is 35.7 Å². The first kappa shape index (κ1) is 20.4. The molecule has 0 aliphatic rings. The third kappa shape index (κ3) is 6.10. The van der Waals surface area contributed by atoms with E-state index < -0.39 is 6.04 Å². The molecule has 1 atom stereocenters. The van der Waals surface area contributed by atoms with Gasteiger partial charge in [-0.25, -0.2) is 0 Å². The van der Waals surface area contributed by atoms with Crippen molar-refractivity contribution in [3.8, 4) is 0 Å². The van der Waals surface area contributed by atoms with Crippen LogP contribution in [-0.2, 0) is 16.6 Å². The van der Waals surface area contributed by atoms with Crippen molar-refractivity contribution in [1.82, 2.24) is 25.4 Å². The van der Waals surface area contributed by atoms with Crippen molar-refractivity contribution < 1.29 is 14.4 Å². The summed E-state index contributed by atoms with van der Waals surface area (Å²) in [6, 6.07) is 5.82. The van der Waals surface area contributed by atoms with E-state index >= 15 is 0 Å². The van der Waals surface area contributed by atoms with Gasteiger partial charge in [0.1, 0.15) is 12.4 Å². The molecule has 0 fully saturated rings. The zero-order valence-electron chi connectivity index (χ0n) is 15.4. The SMILES string of the molecule is CCNC(=O)[C@@H](C)NC(=O)c1ccc(NC(=O)CSc2nncn2C)cc1. The fraction of sp³-hybridized carbons (Fsp3) is 0.353. The van der Waals surface area contributed by atoms with E-state index in [-0.39, 0.29) is 23.5 Å². The largest absolute Gasteiger partial charge is 0.355 e. The Labute approximate surface area is 161 Å². The Hall–Kier alpha value is -2.88. The summed E-state index contributed by atoms with van der Waals surface area (Å²) in [6.45, 7) is 3.93. The average molecular weight is 390 g/mol. The molecule has 0 saturated heterocycles. The number of benzene rings is 1. The number of nitrogens with zero attached hydrogens (tertiary/aromatic N) is 3. The molecule has 10 heteroatoms. The number of anilines is 1. The number of hydrogen-bond acceptors (Lipinski definition) is 6. The van der Waals surface area contributed by atoms with E-state index in [4.69, 9.17) is 0 Å². The summed E-state index contributed by atoms with van der Waals surface area (Å²) in [7, 11) is 1.80. The Morgan fingerprint density at radius 3 is 2.52 bits per heavy atom. The topological polar surface area (TPSA) is 118 Å². The van der Waals surface area contributed by atoms with E-state index in [1.165, 1.54) is 11.8 Å². The lowest BCUT2D eigenvalue weighted by atomic mass is 10.1. The summed E-state index contributed by atoms with van der Waals surface area (Å²) in [6.07, 6.45) is 1.57. The van der Waals surface area contributed by atoms with Crippen LogP contribution < -0.4 is 16.0 Å². The number of aromatic nitrogens is 3. The molecule has 0 radical (unpaired) electrons. The normalized spacial score (nSPS) is 11.5. The van der Waals surface area contributed by atoms with Crippen molar-refractivity contribution in [3.05, 3.63) is 36.2 Å². The third-order valence-corrected chi connectivity index (χ3v) is 4.56. The van der Waals surface area contributed by atoms with E-state index in [0.29, 0.717) is 23.0 Å². The van der Waals surface area contributed by atoms with Gasteiger partial charge >= 0.3 is 0 Å². The maximum atomic E-state index is 12.2. The second-order valence-electron chi connectivity index (χ2n) is 5.73. The molecule has 0 aliphatic carbocycles. The molecule has 3 amide bonds. The van der Waals surface area contributed by atoms with Crippen LogP contribution in [0.1, 0.15) is 24.2 Å². The first-order valence-corrected chi connectivity index (χ1v) is 9.34. The Morgan fingerprint density at radius 1 is 1.22 bits per heavy atom. The van der Waals surface area contributed by atoms with Gasteiger partial charge in [0.15, 0.2) is 5.16 Å². The first-order chi connectivity index (χ1) is 12.9. The molecule has 0 spiro atoms. The van der Waals surface area contributed by atoms with Gasteiger partial charge in [0.05, 0.1) is 5.75 Å². The van der Waals surface area contributed by atoms with Crippen molar-refractivity contribution in [2.45, 2.75) is 25.0 Å². The molecule has 2 rings (SSSR count). The van der Waals surface area contributed by atoms with Gasteiger partial charge in [0.25, 0.3) is 5.91 Å². The van der Waals surface area contributed by atoms with Crippen molar-refractivity contribution in [2.24, 2.45) is 7.05 Å². The minimum atomic E-state index is -0.630. The van der Waals surface area contributed by atoms with Gasteiger partial charge in [-0.2, -0.15) is 0 Å². The minimum Gasteiger partial charge on any atom is -0.355 e. The van der Waals surface area contributed by atoms with Gasteiger partial charge < -0.3 is 20.5 Å². The highest BCUT2D eigenvalue weighted by Gasteiger charge is 2.16. The number of aryl methyl sites for hydroxylation is 1. The van der Waals surface area contributed by atoms with Crippen LogP contribution >= 0.6 is 11.8 Å². The quantitative estimate of drug-likeness (QED) is 0.574. The van der Waals surface area contributed by atoms with Crippen molar-refractivity contribution in [2.75, 3.05) is 17.6 Å². The maximum absolute atomic E-state index is 12.2. The lowest BCUT2D eigenvalue weighted by molar-refractivity contribution is -0.122. The number of carbonyl (C=O) groups excluding carboxylic acids is 3. The van der Waals surface area contributed by atoms with Crippen molar-refractivity contribution in [3.63, 3.8) is 0 Å². The Bertz CT molecular complexity index is 805. The number of carbonyl (C=O) groups is 3. The molecule has 1 aromatic heterocycles. The van der Waals surface area contributed by atoms with E-state index in [0.717, 1.165) is 0 Å². The van der Waals surface area contributed by atoms with Gasteiger partial charge in [0, 0.05) is 24.8 Å². The summed E-state index contributed by atoms with van der Waals surface area (Å²) >= 11 is 1.28. The lowest BCUT2D eigenvalue weighted by Crippen LogP contribution is -2.44. The van der Waals surface area contributed by atoms with Crippen LogP contribution in [0, 0.1) is 0 Å². The minimum absolute atomic E-state index is 0.190. The summed E-state index contributed by atoms with van der Waals surface area (Å²) in [5.74, 6) is -0.594. The first-order valence-electron chi connectivity index (χ1n) is 8.36. The summed E-state index contributed by atoms with van der Waals surface area (Å²) in [5, 5.41) is 16.3. The fourth-order valence-electron chi connectivity index (χ4n) is 2.11. The van der Waals surface area contributed by atoms with Gasteiger partial charge in [-0.3, -0.25) is 14.4 Å². The van der Waals surface area contributed by atoms with Crippen LogP contribution in [0.2, 0.25) is 0 Å². The molecule has 9 nitrogen and oxygen atoms in total. The highest BCUT2D eigenvalue weighted by molar-refractivity contribution is 7.99. The van der Waals surface area contributed by atoms with Gasteiger partial charge in [0.2, 0.25) is 11.8 Å². The molecular weight excluding hydrogens is 368 g/mol. The van der Waals surface area contributed by atoms with Crippen LogP contribution in [0.5, 0.6) is 0 Å². The van der Waals surface area contributed by atoms with Crippen LogP contribution in [0.25, 0.3) is 0 Å². The molecule has 3 N–H and O–H groups in total. The van der Waals surface area contributed by atoms with E-state index in [9.17, 15) is 14.4 Å². The van der Waals surface area contributed by atoms with E-state index in [2.05, 4.69) is 26.1 Å². The molecule has 1 aromatic carbocycles. The summed E-state index contributed by atoms with van der Waals surface area (Å²) in [5.41, 5.74) is 0.976. The van der Waals surface area contributed by atoms with Crippen molar-refractivity contribution >= 4 is 35.2 Å². The van der Waals surface area contributed by atoms with Crippen LogP contribution in [-0.4, -0.2) is 50.8 Å². The molecule has 0 bridgehead atoms. The van der Waals surface area contributed by atoms with Crippen LogP contribution in [0.3, 0.4) is 0 Å². The predicted octanol–water partition coefficient (Wildman–Crippen LogP) is 0.800. The fourth-order valence-corrected chi connectivity index (χ4v) is 2.80. The number of likely N-dealkylation sites (N-methyl/N-ethyl adjacent to an activating group) is 1. The number of thioether (sulfide) groups is 1. The Morgan fingerprint density at radius 2 is 1.93 bits per heavy atom. The second-order valence-corrected chi connectivity index (χ2v) is 6.67. The molecule has 144 valence electrons. The average Bonchev–Trinajstić information content (AvgIpc) is 3.05. The van der Waals surface area contributed by atoms with E-state index in [1.807, 2.05) is 6.92 Å². The van der Waals surface area contributed by atoms with Crippen LogP contribution in [0.4, 0.5) is 5.69 Å². The van der Waals surface area contributed by atoms with E-state index in [1.54, 1.807) is 49.1 Å². The zero-order valence-corrected chi connectivity index (χ0v) is 16.2. The maximum Gasteiger partial charge on any atom is 0.251 e. The number of amides is 3. The van der Waals surface area contributed by atoms with Gasteiger partial charge in [-0.05, 0) is 38.1 Å². The van der Waals surface area contributed by atoms with Gasteiger partial charge in [-0.1, -0.05) is 11.8 Å². The summed E-state index contributed by atoms with van der Waals surface area (Å²) < 4.78 is 1.73. The monoisotopic (exact) mass is 390 g/mol. The molecule has 0 unspecified atom stereocenters. The summed E-state index contributed by atoms with van der Waals surface area (Å²) in [4.78, 5) is 35.8. The van der Waals surface area contributed by atoms with Gasteiger partial charge in [-0.15, -0.1) is 10.2 Å². The van der Waals surface area contributed by atoms with Crippen molar-refractivity contribution in [1.29, 1.82) is 0 Å². The highest BCUT2D eigenvalue weighted by Crippen LogP contribution is 2.15. The standard InChI is InChI=1S/C17H22N6O3S/c1-4-18-15(25)11(2)20-16(26)12-5-7-13(8-6-12)21-14(24)9-27-17-22-19-10-23(17)3/h5-8,10-11H,4,9H2,1-3H3,(H,18,25)(H,20,26)(H,21,24)/t11-/m1/s1. The molecule has 2 aromatic rings. The molecule has 0 aliphatic heterocycles. The molecule has 27 heavy (non-hydrogen) atoms. The molecule has 0 saturated carbocycles.